The molecule has 0 amide bonds. The number of hydrogen-bond donors (Lipinski definition) is 0. The monoisotopic (exact) mass is 194 g/mol. The van der Waals surface area contributed by atoms with Crippen LogP contribution in [0.3, 0.4) is 0 Å². The minimum absolute atomic E-state index is 0.492. The molecule has 2 aliphatic heterocycles. The number of para-hydroxylation sites is 1. The summed E-state index contributed by atoms with van der Waals surface area (Å²) in [7, 11) is -1.31. The standard InChI is InChI=1S/C7H3N2O3P/c1-2-4-6-5(3-1)10-13-11-7(8-6)9(4)12-13/h1-3H. The van der Waals surface area contributed by atoms with Crippen molar-refractivity contribution >= 4 is 30.7 Å². The Bertz CT molecular complexity index is 642. The molecule has 5 nitrogen and oxygen atoms in total. The van der Waals surface area contributed by atoms with E-state index >= 15 is 0 Å². The van der Waals surface area contributed by atoms with Gasteiger partial charge in [0.15, 0.2) is 5.58 Å². The molecule has 3 aromatic rings. The lowest BCUT2D eigenvalue weighted by atomic mass is 10.3. The number of rotatable bonds is 0. The Morgan fingerprint density at radius 3 is 3.31 bits per heavy atom. The van der Waals surface area contributed by atoms with Crippen molar-refractivity contribution in [2.45, 2.75) is 0 Å². The molecule has 6 bridgehead atoms. The van der Waals surface area contributed by atoms with Crippen LogP contribution in [0.2, 0.25) is 0 Å². The zero-order valence-corrected chi connectivity index (χ0v) is 7.19. The molecule has 1 unspecified atom stereocenters. The van der Waals surface area contributed by atoms with Gasteiger partial charge >= 0.3 is 14.1 Å². The fourth-order valence-electron chi connectivity index (χ4n) is 1.51. The third kappa shape index (κ3) is 0.552. The van der Waals surface area contributed by atoms with E-state index in [9.17, 15) is 0 Å². The molecule has 1 atom stereocenters. The van der Waals surface area contributed by atoms with Crippen molar-refractivity contribution in [1.82, 2.24) is 9.71 Å². The second kappa shape index (κ2) is 1.67. The van der Waals surface area contributed by atoms with Gasteiger partial charge in [0.1, 0.15) is 11.0 Å². The van der Waals surface area contributed by atoms with E-state index < -0.39 is 8.24 Å². The van der Waals surface area contributed by atoms with Gasteiger partial charge < -0.3 is 8.39 Å². The van der Waals surface area contributed by atoms with E-state index in [-0.39, 0.29) is 0 Å². The van der Waals surface area contributed by atoms with E-state index in [1.165, 1.54) is 0 Å². The second-order valence-corrected chi connectivity index (χ2v) is 3.78. The average Bonchev–Trinajstić information content (AvgIpc) is 2.53. The Morgan fingerprint density at radius 2 is 2.31 bits per heavy atom. The van der Waals surface area contributed by atoms with E-state index in [1.807, 2.05) is 18.2 Å². The summed E-state index contributed by atoms with van der Waals surface area (Å²) in [5, 5.41) is 0. The van der Waals surface area contributed by atoms with E-state index in [0.29, 0.717) is 5.84 Å². The molecule has 1 aromatic carbocycles. The summed E-state index contributed by atoms with van der Waals surface area (Å²) in [5.74, 6) is 0.492. The SMILES string of the molecule is c1cc2op3oc4nc2c(c1)n4O3. The van der Waals surface area contributed by atoms with Crippen molar-refractivity contribution in [2.75, 3.05) is 0 Å². The Labute approximate surface area is 72.4 Å². The summed E-state index contributed by atoms with van der Waals surface area (Å²) in [4.78, 5) is 4.24. The van der Waals surface area contributed by atoms with Crippen LogP contribution in [0.25, 0.3) is 22.5 Å². The van der Waals surface area contributed by atoms with Gasteiger partial charge in [0, 0.05) is 0 Å². The molecule has 4 heterocycles. The lowest BCUT2D eigenvalue weighted by Gasteiger charge is -1.90. The van der Waals surface area contributed by atoms with Crippen molar-refractivity contribution in [3.8, 4) is 0 Å². The largest absolute Gasteiger partial charge is 0.477 e. The third-order valence-corrected chi connectivity index (χ3v) is 3.01. The minimum atomic E-state index is -1.31. The molecule has 0 aliphatic carbocycles. The molecule has 2 aliphatic rings. The maximum Gasteiger partial charge on any atom is 0.477 e. The second-order valence-electron chi connectivity index (χ2n) is 2.80. The highest BCUT2D eigenvalue weighted by Gasteiger charge is 2.23. The topological polar surface area (TPSA) is 53.3 Å². The number of aromatic nitrogens is 2. The van der Waals surface area contributed by atoms with Crippen LogP contribution >= 0.6 is 8.24 Å². The average molecular weight is 194 g/mol. The van der Waals surface area contributed by atoms with Gasteiger partial charge in [0.05, 0.1) is 0 Å². The molecule has 6 heteroatoms. The van der Waals surface area contributed by atoms with Crippen molar-refractivity contribution in [3.05, 3.63) is 18.2 Å². The molecule has 0 N–H and O–H groups in total. The number of hydrogen-bond acceptors (Lipinski definition) is 4. The van der Waals surface area contributed by atoms with Crippen LogP contribution in [0, 0.1) is 0 Å². The third-order valence-electron chi connectivity index (χ3n) is 2.06. The molecule has 0 spiro atoms. The summed E-state index contributed by atoms with van der Waals surface area (Å²) >= 11 is 0. The molecule has 64 valence electrons. The van der Waals surface area contributed by atoms with Crippen LogP contribution in [0.5, 0.6) is 0 Å². The van der Waals surface area contributed by atoms with Gasteiger partial charge in [0.25, 0.3) is 0 Å². The van der Waals surface area contributed by atoms with Gasteiger partial charge in [-0.25, -0.2) is 0 Å². The maximum atomic E-state index is 5.44. The Morgan fingerprint density at radius 1 is 1.31 bits per heavy atom. The highest BCUT2D eigenvalue weighted by molar-refractivity contribution is 7.32. The van der Waals surface area contributed by atoms with Gasteiger partial charge in [-0.1, -0.05) is 6.07 Å². The lowest BCUT2D eigenvalue weighted by Crippen LogP contribution is -1.95. The van der Waals surface area contributed by atoms with Gasteiger partial charge in [-0.2, -0.15) is 4.98 Å². The molecular formula is C7H3N2O3P. The van der Waals surface area contributed by atoms with Crippen molar-refractivity contribution in [2.24, 2.45) is 0 Å². The first-order valence-electron chi connectivity index (χ1n) is 3.78. The van der Waals surface area contributed by atoms with Crippen LogP contribution in [-0.2, 0) is 0 Å². The van der Waals surface area contributed by atoms with Crippen LogP contribution in [0.15, 0.2) is 26.6 Å². The summed E-state index contributed by atoms with van der Waals surface area (Å²) in [5.41, 5.74) is 2.44. The first-order valence-corrected chi connectivity index (χ1v) is 4.87. The van der Waals surface area contributed by atoms with Crippen molar-refractivity contribution in [1.29, 1.82) is 0 Å². The molecule has 2 aromatic heterocycles. The van der Waals surface area contributed by atoms with E-state index in [1.54, 1.807) is 4.73 Å². The van der Waals surface area contributed by atoms with Crippen molar-refractivity contribution in [3.63, 3.8) is 0 Å². The molecule has 0 saturated heterocycles. The van der Waals surface area contributed by atoms with Crippen molar-refractivity contribution < 1.29 is 13.0 Å². The first kappa shape index (κ1) is 5.94. The molecule has 0 saturated carbocycles. The van der Waals surface area contributed by atoms with Crippen LogP contribution in [-0.4, -0.2) is 9.71 Å². The first-order chi connectivity index (χ1) is 6.42. The summed E-state index contributed by atoms with van der Waals surface area (Å²) in [6.45, 7) is 0. The van der Waals surface area contributed by atoms with Crippen LogP contribution in [0.4, 0.5) is 0 Å². The van der Waals surface area contributed by atoms with E-state index in [4.69, 9.17) is 13.0 Å². The highest BCUT2D eigenvalue weighted by atomic mass is 31.1. The van der Waals surface area contributed by atoms with Gasteiger partial charge in [-0.3, -0.25) is 4.62 Å². The molecular weight excluding hydrogens is 191 g/mol. The quantitative estimate of drug-likeness (QED) is 0.430. The van der Waals surface area contributed by atoms with Crippen LogP contribution < -0.4 is 4.62 Å². The minimum Gasteiger partial charge on any atom is -0.387 e. The zero-order chi connectivity index (χ0) is 8.41. The summed E-state index contributed by atoms with van der Waals surface area (Å²) < 4.78 is 17.7. The fraction of sp³-hybridized carbons (Fsp3) is 0. The molecule has 0 fully saturated rings. The normalized spacial score (nSPS) is 14.6. The molecule has 0 radical (unpaired) electrons. The van der Waals surface area contributed by atoms with Gasteiger partial charge in [-0.05, 0) is 12.1 Å². The smallest absolute Gasteiger partial charge is 0.387 e. The Hall–Kier alpha value is -1.61. The summed E-state index contributed by atoms with van der Waals surface area (Å²) in [6.07, 6.45) is 0. The lowest BCUT2D eigenvalue weighted by molar-refractivity contribution is 0.334. The Balaban J connectivity index is 2.57. The Kier molecular flexibility index (Phi) is 0.765. The van der Waals surface area contributed by atoms with E-state index in [2.05, 4.69) is 4.98 Å². The molecule has 5 rings (SSSR count). The number of nitrogens with zero attached hydrogens (tertiary/aromatic N) is 2. The predicted octanol–water partition coefficient (Wildman–Crippen LogP) is 2.13. The predicted molar refractivity (Wildman–Crippen MR) is 45.3 cm³/mol. The fourth-order valence-corrected chi connectivity index (χ4v) is 2.46. The van der Waals surface area contributed by atoms with E-state index in [0.717, 1.165) is 16.6 Å². The summed E-state index contributed by atoms with van der Waals surface area (Å²) in [6, 6.07) is 5.70. The molecule has 13 heavy (non-hydrogen) atoms. The highest BCUT2D eigenvalue weighted by Crippen LogP contribution is 2.38. The van der Waals surface area contributed by atoms with Gasteiger partial charge in [-0.15, -0.1) is 4.73 Å². The maximum absolute atomic E-state index is 5.44. The zero-order valence-electron chi connectivity index (χ0n) is 6.30. The number of benzene rings is 1. The van der Waals surface area contributed by atoms with Gasteiger partial charge in [0.2, 0.25) is 0 Å². The number of imidazole rings is 1. The van der Waals surface area contributed by atoms with Crippen LogP contribution in [0.1, 0.15) is 0 Å².